The van der Waals surface area contributed by atoms with Crippen LogP contribution < -0.4 is 5.32 Å². The molecule has 10 heteroatoms. The number of aromatic nitrogens is 5. The Hall–Kier alpha value is -2.91. The van der Waals surface area contributed by atoms with Crippen molar-refractivity contribution in [2.24, 2.45) is 0 Å². The first kappa shape index (κ1) is 20.8. The lowest BCUT2D eigenvalue weighted by Crippen LogP contribution is -2.38. The number of nitrogens with zero attached hydrogens (tertiary/aromatic N) is 5. The largest absolute Gasteiger partial charge is 0.417 e. The van der Waals surface area contributed by atoms with Crippen LogP contribution in [-0.2, 0) is 24.1 Å². The predicted octanol–water partition coefficient (Wildman–Crippen LogP) is 3.09. The highest BCUT2D eigenvalue weighted by Crippen LogP contribution is 2.36. The molecule has 1 N–H and O–H groups in total. The van der Waals surface area contributed by atoms with Gasteiger partial charge in [-0.2, -0.15) is 23.4 Å². The first-order valence-corrected chi connectivity index (χ1v) is 9.18. The van der Waals surface area contributed by atoms with Crippen molar-refractivity contribution in [1.29, 1.82) is 0 Å². The van der Waals surface area contributed by atoms with E-state index >= 15 is 0 Å². The number of halogens is 3. The molecule has 3 aromatic rings. The molecule has 0 aromatic carbocycles. The summed E-state index contributed by atoms with van der Waals surface area (Å²) in [6, 6.07) is 2.72. The van der Waals surface area contributed by atoms with Crippen LogP contribution in [0, 0.1) is 27.7 Å². The number of hydrogen-bond donors (Lipinski definition) is 1. The lowest BCUT2D eigenvalue weighted by molar-refractivity contribution is -0.136. The van der Waals surface area contributed by atoms with E-state index in [9.17, 15) is 18.0 Å². The fourth-order valence-corrected chi connectivity index (χ4v) is 3.43. The number of amides is 1. The Morgan fingerprint density at radius 2 is 1.79 bits per heavy atom. The number of carbonyl (C=O) groups is 1. The fraction of sp³-hybridized carbons (Fsp3) is 0.474. The minimum Gasteiger partial charge on any atom is -0.350 e. The van der Waals surface area contributed by atoms with E-state index in [2.05, 4.69) is 20.5 Å². The van der Waals surface area contributed by atoms with Crippen molar-refractivity contribution in [3.05, 3.63) is 40.5 Å². The van der Waals surface area contributed by atoms with E-state index in [1.54, 1.807) is 4.68 Å². The maximum absolute atomic E-state index is 13.4. The van der Waals surface area contributed by atoms with E-state index < -0.39 is 11.7 Å². The van der Waals surface area contributed by atoms with E-state index in [-0.39, 0.29) is 40.9 Å². The molecule has 0 aliphatic heterocycles. The summed E-state index contributed by atoms with van der Waals surface area (Å²) in [5, 5.41) is 11.2. The zero-order valence-electron chi connectivity index (χ0n) is 16.9. The molecule has 7 nitrogen and oxygen atoms in total. The Balaban J connectivity index is 1.80. The van der Waals surface area contributed by atoms with Gasteiger partial charge < -0.3 is 5.32 Å². The second-order valence-corrected chi connectivity index (χ2v) is 7.33. The summed E-state index contributed by atoms with van der Waals surface area (Å²) in [4.78, 5) is 16.7. The Bertz CT molecular complexity index is 1070. The molecule has 1 amide bonds. The average Bonchev–Trinajstić information content (AvgIpc) is 3.04. The number of hydrogen-bond acceptors (Lipinski definition) is 4. The Morgan fingerprint density at radius 1 is 1.10 bits per heavy atom. The highest BCUT2D eigenvalue weighted by Gasteiger charge is 2.35. The maximum Gasteiger partial charge on any atom is 0.417 e. The Morgan fingerprint density at radius 3 is 2.38 bits per heavy atom. The fourth-order valence-electron chi connectivity index (χ4n) is 3.43. The quantitative estimate of drug-likeness (QED) is 0.704. The van der Waals surface area contributed by atoms with Crippen LogP contribution in [-0.4, -0.2) is 36.5 Å². The first-order valence-electron chi connectivity index (χ1n) is 9.18. The summed E-state index contributed by atoms with van der Waals surface area (Å²) in [7, 11) is 0. The van der Waals surface area contributed by atoms with Gasteiger partial charge in [0, 0.05) is 17.4 Å². The third kappa shape index (κ3) is 4.41. The van der Waals surface area contributed by atoms with Gasteiger partial charge in [0.25, 0.3) is 0 Å². The van der Waals surface area contributed by atoms with Crippen molar-refractivity contribution >= 4 is 16.9 Å². The molecular weight excluding hydrogens is 385 g/mol. The SMILES string of the molecule is Cc1cc(C(F)(F)F)c2c(C)nn(CC(=O)NC(C)Cn3nc(C)cc3C)c2n1. The van der Waals surface area contributed by atoms with Gasteiger partial charge in [-0.05, 0) is 46.8 Å². The number of fused-ring (bicyclic) bond motifs is 1. The van der Waals surface area contributed by atoms with E-state index in [0.29, 0.717) is 6.54 Å². The van der Waals surface area contributed by atoms with Gasteiger partial charge in [-0.15, -0.1) is 0 Å². The molecule has 1 atom stereocenters. The normalized spacial score (nSPS) is 13.1. The van der Waals surface area contributed by atoms with Gasteiger partial charge in [-0.25, -0.2) is 9.67 Å². The number of rotatable bonds is 5. The van der Waals surface area contributed by atoms with Crippen molar-refractivity contribution in [1.82, 2.24) is 29.9 Å². The molecule has 0 fully saturated rings. The molecule has 0 saturated carbocycles. The minimum atomic E-state index is -4.53. The van der Waals surface area contributed by atoms with Gasteiger partial charge in [0.15, 0.2) is 5.65 Å². The Kier molecular flexibility index (Phi) is 5.38. The van der Waals surface area contributed by atoms with Crippen LogP contribution in [0.2, 0.25) is 0 Å². The van der Waals surface area contributed by atoms with Crippen LogP contribution in [0.5, 0.6) is 0 Å². The van der Waals surface area contributed by atoms with Crippen molar-refractivity contribution < 1.29 is 18.0 Å². The molecule has 0 aliphatic rings. The molecule has 29 heavy (non-hydrogen) atoms. The van der Waals surface area contributed by atoms with Crippen molar-refractivity contribution in [2.45, 2.75) is 59.9 Å². The highest BCUT2D eigenvalue weighted by atomic mass is 19.4. The van der Waals surface area contributed by atoms with Crippen LogP contribution in [0.3, 0.4) is 0 Å². The number of carbonyl (C=O) groups excluding carboxylic acids is 1. The summed E-state index contributed by atoms with van der Waals surface area (Å²) in [6.45, 7) is 8.89. The van der Waals surface area contributed by atoms with Crippen molar-refractivity contribution in [3.63, 3.8) is 0 Å². The van der Waals surface area contributed by atoms with Gasteiger partial charge in [0.05, 0.1) is 28.9 Å². The molecule has 1 unspecified atom stereocenters. The first-order chi connectivity index (χ1) is 13.5. The summed E-state index contributed by atoms with van der Waals surface area (Å²) < 4.78 is 43.3. The molecule has 3 heterocycles. The minimum absolute atomic E-state index is 0.0520. The zero-order valence-corrected chi connectivity index (χ0v) is 16.9. The lowest BCUT2D eigenvalue weighted by Gasteiger charge is -2.15. The van der Waals surface area contributed by atoms with E-state index in [1.807, 2.05) is 26.8 Å². The smallest absolute Gasteiger partial charge is 0.350 e. The van der Waals surface area contributed by atoms with Crippen LogP contribution in [0.4, 0.5) is 13.2 Å². The number of alkyl halides is 3. The summed E-state index contributed by atoms with van der Waals surface area (Å²) in [5.41, 5.74) is 1.53. The molecule has 156 valence electrons. The van der Waals surface area contributed by atoms with Gasteiger partial charge >= 0.3 is 6.18 Å². The van der Waals surface area contributed by atoms with E-state index in [1.165, 1.54) is 18.5 Å². The Labute approximate surface area is 165 Å². The number of pyridine rings is 1. The molecule has 3 rings (SSSR count). The van der Waals surface area contributed by atoms with Crippen LogP contribution in [0.15, 0.2) is 12.1 Å². The molecule has 0 spiro atoms. The molecule has 0 bridgehead atoms. The highest BCUT2D eigenvalue weighted by molar-refractivity contribution is 5.85. The molecule has 0 aliphatic carbocycles. The number of aryl methyl sites for hydroxylation is 4. The van der Waals surface area contributed by atoms with Crippen molar-refractivity contribution in [2.75, 3.05) is 0 Å². The summed E-state index contributed by atoms with van der Waals surface area (Å²) >= 11 is 0. The second-order valence-electron chi connectivity index (χ2n) is 7.33. The second kappa shape index (κ2) is 7.49. The molecule has 0 radical (unpaired) electrons. The standard InChI is InChI=1S/C19H23F3N6O/c1-10-7-15(19(20,21)22)17-14(5)26-28(18(17)24-10)9-16(29)23-12(3)8-27-13(4)6-11(2)25-27/h6-7,12H,8-9H2,1-5H3,(H,23,29). The van der Waals surface area contributed by atoms with Crippen molar-refractivity contribution in [3.8, 4) is 0 Å². The van der Waals surface area contributed by atoms with E-state index in [4.69, 9.17) is 0 Å². The topological polar surface area (TPSA) is 77.6 Å². The maximum atomic E-state index is 13.4. The summed E-state index contributed by atoms with van der Waals surface area (Å²) in [6.07, 6.45) is -4.53. The van der Waals surface area contributed by atoms with Crippen LogP contribution in [0.25, 0.3) is 11.0 Å². The van der Waals surface area contributed by atoms with E-state index in [0.717, 1.165) is 17.5 Å². The molecule has 0 saturated heterocycles. The third-order valence-electron chi connectivity index (χ3n) is 4.56. The monoisotopic (exact) mass is 408 g/mol. The average molecular weight is 408 g/mol. The third-order valence-corrected chi connectivity index (χ3v) is 4.56. The summed E-state index contributed by atoms with van der Waals surface area (Å²) in [5.74, 6) is -0.361. The molecule has 3 aromatic heterocycles. The zero-order chi connectivity index (χ0) is 21.5. The van der Waals surface area contributed by atoms with Gasteiger partial charge in [-0.3, -0.25) is 9.48 Å². The van der Waals surface area contributed by atoms with Gasteiger partial charge in [-0.1, -0.05) is 0 Å². The predicted molar refractivity (Wildman–Crippen MR) is 101 cm³/mol. The lowest BCUT2D eigenvalue weighted by atomic mass is 10.1. The number of nitrogens with one attached hydrogen (secondary N) is 1. The van der Waals surface area contributed by atoms with Gasteiger partial charge in [0.1, 0.15) is 6.54 Å². The molecular formula is C19H23F3N6O. The van der Waals surface area contributed by atoms with Crippen LogP contribution in [0.1, 0.15) is 35.3 Å². The van der Waals surface area contributed by atoms with Gasteiger partial charge in [0.2, 0.25) is 5.91 Å². The van der Waals surface area contributed by atoms with Crippen LogP contribution >= 0.6 is 0 Å².